The van der Waals surface area contributed by atoms with Crippen molar-refractivity contribution in [3.05, 3.63) is 21.0 Å². The average molecular weight is 268 g/mol. The molecule has 0 radical (unpaired) electrons. The molecule has 0 aliphatic carbocycles. The zero-order valence-corrected chi connectivity index (χ0v) is 8.11. The lowest BCUT2D eigenvalue weighted by molar-refractivity contribution is 0.365. The third-order valence-corrected chi connectivity index (χ3v) is 3.03. The molecule has 1 aliphatic rings. The molecule has 10 heavy (non-hydrogen) atoms. The van der Waals surface area contributed by atoms with E-state index in [9.17, 15) is 0 Å². The van der Waals surface area contributed by atoms with Crippen LogP contribution in [0, 0.1) is 0 Å². The van der Waals surface area contributed by atoms with Crippen molar-refractivity contribution in [2.75, 3.05) is 6.61 Å². The highest BCUT2D eigenvalue weighted by Crippen LogP contribution is 2.36. The Morgan fingerprint density at radius 2 is 2.20 bits per heavy atom. The zero-order valence-electron chi connectivity index (χ0n) is 4.93. The Morgan fingerprint density at radius 1 is 1.50 bits per heavy atom. The van der Waals surface area contributed by atoms with Gasteiger partial charge in [0, 0.05) is 0 Å². The quantitative estimate of drug-likeness (QED) is 0.732. The van der Waals surface area contributed by atoms with Gasteiger partial charge in [0.1, 0.15) is 11.9 Å². The molecule has 2 rings (SSSR count). The van der Waals surface area contributed by atoms with E-state index >= 15 is 0 Å². The summed E-state index contributed by atoms with van der Waals surface area (Å²) in [6.45, 7) is 0.784. The molecule has 1 fully saturated rings. The van der Waals surface area contributed by atoms with Gasteiger partial charge in [-0.3, -0.25) is 0 Å². The van der Waals surface area contributed by atoms with Crippen LogP contribution >= 0.6 is 31.9 Å². The van der Waals surface area contributed by atoms with Gasteiger partial charge in [-0.1, -0.05) is 0 Å². The van der Waals surface area contributed by atoms with Crippen LogP contribution in [0.3, 0.4) is 0 Å². The molecule has 54 valence electrons. The smallest absolute Gasteiger partial charge is 0.183 e. The van der Waals surface area contributed by atoms with Crippen molar-refractivity contribution in [3.63, 3.8) is 0 Å². The number of halogens is 2. The molecule has 0 bridgehead atoms. The largest absolute Gasteiger partial charge is 0.450 e. The minimum absolute atomic E-state index is 0.197. The molecule has 0 saturated carbocycles. The Hall–Kier alpha value is 0.200. The van der Waals surface area contributed by atoms with E-state index in [-0.39, 0.29) is 6.10 Å². The number of hydrogen-bond donors (Lipinski definition) is 0. The van der Waals surface area contributed by atoms with Crippen molar-refractivity contribution in [2.24, 2.45) is 0 Å². The van der Waals surface area contributed by atoms with Crippen molar-refractivity contribution >= 4 is 31.9 Å². The zero-order chi connectivity index (χ0) is 7.14. The van der Waals surface area contributed by atoms with E-state index < -0.39 is 0 Å². The summed E-state index contributed by atoms with van der Waals surface area (Å²) < 4.78 is 12.0. The van der Waals surface area contributed by atoms with E-state index in [0.717, 1.165) is 21.5 Å². The predicted octanol–water partition coefficient (Wildman–Crippen LogP) is 2.88. The monoisotopic (exact) mass is 266 g/mol. The maximum atomic E-state index is 5.28. The Balaban J connectivity index is 2.34. The summed E-state index contributed by atoms with van der Waals surface area (Å²) >= 11 is 6.56. The first-order valence-corrected chi connectivity index (χ1v) is 4.42. The lowest BCUT2D eigenvalue weighted by Gasteiger charge is -1.82. The molecular formula is C6H4Br2O2. The van der Waals surface area contributed by atoms with Crippen LogP contribution in [0.25, 0.3) is 0 Å². The first-order chi connectivity index (χ1) is 4.77. The minimum atomic E-state index is 0.197. The second-order valence-electron chi connectivity index (χ2n) is 2.09. The summed E-state index contributed by atoms with van der Waals surface area (Å²) in [7, 11) is 0. The number of furan rings is 1. The number of rotatable bonds is 1. The lowest BCUT2D eigenvalue weighted by atomic mass is 10.4. The van der Waals surface area contributed by atoms with Gasteiger partial charge in [-0.05, 0) is 37.9 Å². The summed E-state index contributed by atoms with van der Waals surface area (Å²) in [6.07, 6.45) is 0.197. The van der Waals surface area contributed by atoms with Crippen LogP contribution in [0.2, 0.25) is 0 Å². The number of epoxide rings is 1. The molecule has 0 aromatic carbocycles. The summed E-state index contributed by atoms with van der Waals surface area (Å²) in [4.78, 5) is 0. The van der Waals surface area contributed by atoms with Gasteiger partial charge >= 0.3 is 0 Å². The Kier molecular flexibility index (Phi) is 1.62. The van der Waals surface area contributed by atoms with Crippen molar-refractivity contribution in [3.8, 4) is 0 Å². The van der Waals surface area contributed by atoms with E-state index in [1.54, 1.807) is 0 Å². The summed E-state index contributed by atoms with van der Waals surface area (Å²) in [6, 6.07) is 1.92. The van der Waals surface area contributed by atoms with E-state index in [1.807, 2.05) is 6.07 Å². The highest BCUT2D eigenvalue weighted by atomic mass is 79.9. The fourth-order valence-electron chi connectivity index (χ4n) is 0.734. The molecule has 0 N–H and O–H groups in total. The standard InChI is InChI=1S/C6H4Br2O2/c7-3-1-4(5-2-9-5)10-6(3)8/h1,5H,2H2/t5-/m1/s1. The Labute approximate surface area is 74.8 Å². The number of ether oxygens (including phenoxy) is 1. The van der Waals surface area contributed by atoms with Gasteiger partial charge in [0.25, 0.3) is 0 Å². The maximum Gasteiger partial charge on any atom is 0.183 e. The van der Waals surface area contributed by atoms with Gasteiger partial charge in [0.05, 0.1) is 11.1 Å². The van der Waals surface area contributed by atoms with Crippen LogP contribution in [0.5, 0.6) is 0 Å². The van der Waals surface area contributed by atoms with Crippen LogP contribution in [-0.4, -0.2) is 6.61 Å². The molecule has 1 aromatic rings. The molecule has 1 saturated heterocycles. The SMILES string of the molecule is Brc1cc([C@H]2CO2)oc1Br. The molecule has 4 heteroatoms. The Bertz CT molecular complexity index is 233. The molecule has 0 unspecified atom stereocenters. The summed E-state index contributed by atoms with van der Waals surface area (Å²) in [5, 5.41) is 0. The predicted molar refractivity (Wildman–Crippen MR) is 42.8 cm³/mol. The Morgan fingerprint density at radius 3 is 2.60 bits per heavy atom. The molecular weight excluding hydrogens is 264 g/mol. The van der Waals surface area contributed by atoms with Crippen LogP contribution in [0.1, 0.15) is 11.9 Å². The van der Waals surface area contributed by atoms with Crippen LogP contribution in [0.4, 0.5) is 0 Å². The first kappa shape index (κ1) is 6.88. The van der Waals surface area contributed by atoms with E-state index in [0.29, 0.717) is 0 Å². The van der Waals surface area contributed by atoms with Crippen molar-refractivity contribution < 1.29 is 9.15 Å². The van der Waals surface area contributed by atoms with Gasteiger partial charge in [-0.15, -0.1) is 0 Å². The van der Waals surface area contributed by atoms with Crippen molar-refractivity contribution in [1.29, 1.82) is 0 Å². The van der Waals surface area contributed by atoms with Gasteiger partial charge in [-0.2, -0.15) is 0 Å². The molecule has 1 atom stereocenters. The van der Waals surface area contributed by atoms with E-state index in [1.165, 1.54) is 0 Å². The lowest BCUT2D eigenvalue weighted by Crippen LogP contribution is -1.69. The highest BCUT2D eigenvalue weighted by molar-refractivity contribution is 9.13. The molecule has 2 heterocycles. The molecule has 2 nitrogen and oxygen atoms in total. The van der Waals surface area contributed by atoms with Crippen LogP contribution < -0.4 is 0 Å². The van der Waals surface area contributed by atoms with Gasteiger partial charge in [0.15, 0.2) is 4.67 Å². The van der Waals surface area contributed by atoms with Crippen molar-refractivity contribution in [1.82, 2.24) is 0 Å². The van der Waals surface area contributed by atoms with Crippen LogP contribution in [-0.2, 0) is 4.74 Å². The minimum Gasteiger partial charge on any atom is -0.450 e. The van der Waals surface area contributed by atoms with E-state index in [2.05, 4.69) is 31.9 Å². The second-order valence-corrected chi connectivity index (χ2v) is 3.67. The first-order valence-electron chi connectivity index (χ1n) is 2.83. The normalized spacial score (nSPS) is 23.2. The highest BCUT2D eigenvalue weighted by Gasteiger charge is 2.29. The second kappa shape index (κ2) is 2.36. The fraction of sp³-hybridized carbons (Fsp3) is 0.333. The van der Waals surface area contributed by atoms with E-state index in [4.69, 9.17) is 9.15 Å². The third-order valence-electron chi connectivity index (χ3n) is 1.31. The van der Waals surface area contributed by atoms with Gasteiger partial charge in [-0.25, -0.2) is 0 Å². The fourth-order valence-corrected chi connectivity index (χ4v) is 1.34. The molecule has 0 amide bonds. The van der Waals surface area contributed by atoms with Gasteiger partial charge < -0.3 is 9.15 Å². The maximum absolute atomic E-state index is 5.28. The van der Waals surface area contributed by atoms with Crippen LogP contribution in [0.15, 0.2) is 19.6 Å². The average Bonchev–Trinajstić information content (AvgIpc) is 2.64. The molecule has 0 spiro atoms. The number of hydrogen-bond acceptors (Lipinski definition) is 2. The third kappa shape index (κ3) is 1.15. The summed E-state index contributed by atoms with van der Waals surface area (Å²) in [5.74, 6) is 0.888. The molecule has 1 aromatic heterocycles. The van der Waals surface area contributed by atoms with Crippen molar-refractivity contribution in [2.45, 2.75) is 6.10 Å². The molecule has 1 aliphatic heterocycles. The summed E-state index contributed by atoms with van der Waals surface area (Å²) in [5.41, 5.74) is 0. The topological polar surface area (TPSA) is 25.7 Å². The van der Waals surface area contributed by atoms with Gasteiger partial charge in [0.2, 0.25) is 0 Å².